The number of nitrogens with zero attached hydrogens (tertiary/aromatic N) is 2. The first-order chi connectivity index (χ1) is 10.9. The average Bonchev–Trinajstić information content (AvgIpc) is 2.55. The van der Waals surface area contributed by atoms with Crippen LogP contribution in [-0.4, -0.2) is 27.0 Å². The predicted molar refractivity (Wildman–Crippen MR) is 86.3 cm³/mol. The van der Waals surface area contributed by atoms with E-state index in [2.05, 4.69) is 0 Å². The Kier molecular flexibility index (Phi) is 4.85. The molecule has 0 aliphatic heterocycles. The molecule has 0 heterocycles. The van der Waals surface area contributed by atoms with Gasteiger partial charge in [0, 0.05) is 13.1 Å². The van der Waals surface area contributed by atoms with Gasteiger partial charge in [0.1, 0.15) is 5.75 Å². The third-order valence-electron chi connectivity index (χ3n) is 3.20. The number of hydrogen-bond acceptors (Lipinski definition) is 5. The van der Waals surface area contributed by atoms with Crippen LogP contribution in [0.1, 0.15) is 6.92 Å². The van der Waals surface area contributed by atoms with Crippen LogP contribution < -0.4 is 9.04 Å². The smallest absolute Gasteiger partial charge is 0.289 e. The summed E-state index contributed by atoms with van der Waals surface area (Å²) < 4.78 is 32.0. The summed E-state index contributed by atoms with van der Waals surface area (Å²) in [6.07, 6.45) is 0. The summed E-state index contributed by atoms with van der Waals surface area (Å²) in [5.74, 6) is 0.389. The minimum absolute atomic E-state index is 0.313. The summed E-state index contributed by atoms with van der Waals surface area (Å²) in [6, 6.07) is 11.9. The Bertz CT molecular complexity index is 820. The van der Waals surface area contributed by atoms with Crippen molar-refractivity contribution in [3.05, 3.63) is 58.6 Å². The average molecular weight is 336 g/mol. The number of benzene rings is 2. The van der Waals surface area contributed by atoms with E-state index >= 15 is 0 Å². The molecule has 0 N–H and O–H groups in total. The predicted octanol–water partition coefficient (Wildman–Crippen LogP) is 2.82. The molecule has 0 aliphatic rings. The van der Waals surface area contributed by atoms with E-state index in [1.807, 2.05) is 0 Å². The molecule has 2 aromatic carbocycles. The summed E-state index contributed by atoms with van der Waals surface area (Å²) in [5.41, 5.74) is -0.152. The highest BCUT2D eigenvalue weighted by Gasteiger charge is 2.30. The number of ether oxygens (including phenoxy) is 1. The minimum atomic E-state index is -4.10. The SMILES string of the molecule is CCOc1ccccc1N(C)S(=O)(=O)c1ccccc1[N+](=O)[O-]. The van der Waals surface area contributed by atoms with E-state index < -0.39 is 20.6 Å². The second-order valence-corrected chi connectivity index (χ2v) is 6.54. The normalized spacial score (nSPS) is 11.0. The molecule has 0 radical (unpaired) electrons. The first kappa shape index (κ1) is 16.8. The molecule has 2 aromatic rings. The van der Waals surface area contributed by atoms with Crippen molar-refractivity contribution < 1.29 is 18.1 Å². The van der Waals surface area contributed by atoms with E-state index in [0.29, 0.717) is 18.0 Å². The van der Waals surface area contributed by atoms with Gasteiger partial charge in [0.05, 0.1) is 17.2 Å². The van der Waals surface area contributed by atoms with E-state index in [1.54, 1.807) is 31.2 Å². The number of rotatable bonds is 6. The van der Waals surface area contributed by atoms with E-state index in [-0.39, 0.29) is 4.90 Å². The monoisotopic (exact) mass is 336 g/mol. The summed E-state index contributed by atoms with van der Waals surface area (Å²) in [7, 11) is -2.76. The van der Waals surface area contributed by atoms with Gasteiger partial charge in [0.15, 0.2) is 4.90 Å². The van der Waals surface area contributed by atoms with Gasteiger partial charge in [-0.1, -0.05) is 24.3 Å². The molecule has 0 spiro atoms. The van der Waals surface area contributed by atoms with Crippen LogP contribution in [0.4, 0.5) is 11.4 Å². The molecule has 122 valence electrons. The van der Waals surface area contributed by atoms with Gasteiger partial charge < -0.3 is 4.74 Å². The van der Waals surface area contributed by atoms with Gasteiger partial charge in [0.2, 0.25) is 0 Å². The molecule has 0 saturated carbocycles. The van der Waals surface area contributed by atoms with E-state index in [4.69, 9.17) is 4.74 Å². The first-order valence-electron chi connectivity index (χ1n) is 6.83. The molecule has 0 aromatic heterocycles. The maximum Gasteiger partial charge on any atom is 0.289 e. The fourth-order valence-electron chi connectivity index (χ4n) is 2.10. The molecule has 0 aliphatic carbocycles. The third kappa shape index (κ3) is 3.26. The van der Waals surface area contributed by atoms with Gasteiger partial charge >= 0.3 is 0 Å². The van der Waals surface area contributed by atoms with Crippen LogP contribution in [0.15, 0.2) is 53.4 Å². The highest BCUT2D eigenvalue weighted by atomic mass is 32.2. The molecule has 0 atom stereocenters. The van der Waals surface area contributed by atoms with E-state index in [0.717, 1.165) is 10.4 Å². The molecule has 0 bridgehead atoms. The van der Waals surface area contributed by atoms with Crippen molar-refractivity contribution in [2.45, 2.75) is 11.8 Å². The highest BCUT2D eigenvalue weighted by Crippen LogP contribution is 2.33. The van der Waals surface area contributed by atoms with Crippen molar-refractivity contribution in [3.63, 3.8) is 0 Å². The molecule has 0 unspecified atom stereocenters. The van der Waals surface area contributed by atoms with Crippen LogP contribution in [0.2, 0.25) is 0 Å². The zero-order chi connectivity index (χ0) is 17.0. The van der Waals surface area contributed by atoms with Crippen LogP contribution in [-0.2, 0) is 10.0 Å². The molecular formula is C15H16N2O5S. The van der Waals surface area contributed by atoms with Crippen molar-refractivity contribution in [2.24, 2.45) is 0 Å². The summed E-state index contributed by atoms with van der Waals surface area (Å²) >= 11 is 0. The van der Waals surface area contributed by atoms with Gasteiger partial charge in [-0.3, -0.25) is 14.4 Å². The molecule has 8 heteroatoms. The number of nitro benzene ring substituents is 1. The van der Waals surface area contributed by atoms with Gasteiger partial charge in [0.25, 0.3) is 15.7 Å². The number of hydrogen-bond donors (Lipinski definition) is 0. The lowest BCUT2D eigenvalue weighted by atomic mass is 10.3. The number of anilines is 1. The largest absolute Gasteiger partial charge is 0.492 e. The third-order valence-corrected chi connectivity index (χ3v) is 5.02. The Hall–Kier alpha value is -2.61. The lowest BCUT2D eigenvalue weighted by molar-refractivity contribution is -0.387. The van der Waals surface area contributed by atoms with Crippen molar-refractivity contribution >= 4 is 21.4 Å². The van der Waals surface area contributed by atoms with Crippen molar-refractivity contribution in [1.82, 2.24) is 0 Å². The van der Waals surface area contributed by atoms with Gasteiger partial charge in [-0.25, -0.2) is 8.42 Å². The molecular weight excluding hydrogens is 320 g/mol. The number of para-hydroxylation sites is 3. The Morgan fingerprint density at radius 1 is 1.13 bits per heavy atom. The Morgan fingerprint density at radius 3 is 2.39 bits per heavy atom. The van der Waals surface area contributed by atoms with Crippen LogP contribution in [0.25, 0.3) is 0 Å². The molecule has 0 fully saturated rings. The van der Waals surface area contributed by atoms with E-state index in [9.17, 15) is 18.5 Å². The van der Waals surface area contributed by atoms with Gasteiger partial charge in [-0.15, -0.1) is 0 Å². The van der Waals surface area contributed by atoms with Crippen molar-refractivity contribution in [3.8, 4) is 5.75 Å². The molecule has 7 nitrogen and oxygen atoms in total. The minimum Gasteiger partial charge on any atom is -0.492 e. The second-order valence-electron chi connectivity index (χ2n) is 4.60. The first-order valence-corrected chi connectivity index (χ1v) is 8.27. The Morgan fingerprint density at radius 2 is 1.74 bits per heavy atom. The van der Waals surface area contributed by atoms with Crippen LogP contribution in [0.5, 0.6) is 5.75 Å². The standard InChI is InChI=1S/C15H16N2O5S/c1-3-22-14-10-6-4-8-12(14)16(2)23(20,21)15-11-7-5-9-13(15)17(18)19/h4-11H,3H2,1-2H3. The fourth-order valence-corrected chi connectivity index (χ4v) is 3.46. The van der Waals surface area contributed by atoms with E-state index in [1.165, 1.54) is 25.2 Å². The highest BCUT2D eigenvalue weighted by molar-refractivity contribution is 7.93. The van der Waals surface area contributed by atoms with Crippen LogP contribution in [0.3, 0.4) is 0 Å². The summed E-state index contributed by atoms with van der Waals surface area (Å²) in [5, 5.41) is 11.1. The zero-order valence-electron chi connectivity index (χ0n) is 12.7. The fraction of sp³-hybridized carbons (Fsp3) is 0.200. The van der Waals surface area contributed by atoms with Crippen molar-refractivity contribution in [1.29, 1.82) is 0 Å². The maximum absolute atomic E-state index is 12.8. The van der Waals surface area contributed by atoms with Crippen molar-refractivity contribution in [2.75, 3.05) is 18.0 Å². The van der Waals surface area contributed by atoms with Crippen LogP contribution in [0, 0.1) is 10.1 Å². The number of sulfonamides is 1. The maximum atomic E-state index is 12.8. The quantitative estimate of drug-likeness (QED) is 0.597. The van der Waals surface area contributed by atoms with Gasteiger partial charge in [-0.05, 0) is 25.1 Å². The molecule has 23 heavy (non-hydrogen) atoms. The molecule has 0 saturated heterocycles. The zero-order valence-corrected chi connectivity index (χ0v) is 13.5. The second kappa shape index (κ2) is 6.66. The topological polar surface area (TPSA) is 89.8 Å². The Balaban J connectivity index is 2.55. The van der Waals surface area contributed by atoms with Gasteiger partial charge in [-0.2, -0.15) is 0 Å². The molecule has 2 rings (SSSR count). The number of nitro groups is 1. The summed E-state index contributed by atoms with van der Waals surface area (Å²) in [4.78, 5) is 10.0. The lowest BCUT2D eigenvalue weighted by Gasteiger charge is -2.21. The lowest BCUT2D eigenvalue weighted by Crippen LogP contribution is -2.27. The Labute approximate surface area is 134 Å². The van der Waals surface area contributed by atoms with Crippen LogP contribution >= 0.6 is 0 Å². The summed E-state index contributed by atoms with van der Waals surface area (Å²) in [6.45, 7) is 2.16. The molecule has 0 amide bonds.